The van der Waals surface area contributed by atoms with Gasteiger partial charge in [0.05, 0.1) is 5.75 Å². The molecule has 0 amide bonds. The third-order valence-corrected chi connectivity index (χ3v) is 4.37. The van der Waals surface area contributed by atoms with Crippen molar-refractivity contribution in [3.8, 4) is 0 Å². The van der Waals surface area contributed by atoms with Crippen molar-refractivity contribution in [2.24, 2.45) is 5.92 Å². The van der Waals surface area contributed by atoms with Crippen molar-refractivity contribution in [3.05, 3.63) is 0 Å². The van der Waals surface area contributed by atoms with Crippen LogP contribution in [0.2, 0.25) is 0 Å². The van der Waals surface area contributed by atoms with Crippen LogP contribution in [0.1, 0.15) is 46.1 Å². The zero-order valence-electron chi connectivity index (χ0n) is 12.9. The first-order valence-corrected chi connectivity index (χ1v) is 8.55. The summed E-state index contributed by atoms with van der Waals surface area (Å²) in [4.78, 5) is 13.1. The van der Waals surface area contributed by atoms with E-state index in [0.29, 0.717) is 5.16 Å². The fourth-order valence-corrected chi connectivity index (χ4v) is 3.10. The third-order valence-electron chi connectivity index (χ3n) is 3.44. The zero-order chi connectivity index (χ0) is 15.4. The minimum Gasteiger partial charge on any atom is -0.481 e. The van der Waals surface area contributed by atoms with Crippen LogP contribution in [0.3, 0.4) is 0 Å². The number of aliphatic carboxylic acids is 1. The predicted molar refractivity (Wildman–Crippen MR) is 84.0 cm³/mol. The highest BCUT2D eigenvalue weighted by Crippen LogP contribution is 2.33. The van der Waals surface area contributed by atoms with Gasteiger partial charge in [0, 0.05) is 19.1 Å². The number of hydrogen-bond acceptors (Lipinski definition) is 5. The lowest BCUT2D eigenvalue weighted by molar-refractivity contribution is -0.133. The third kappa shape index (κ3) is 4.36. The first-order valence-electron chi connectivity index (χ1n) is 7.57. The molecule has 0 saturated heterocycles. The summed E-state index contributed by atoms with van der Waals surface area (Å²) in [7, 11) is 0. The molecule has 0 atom stereocenters. The molecule has 118 valence electrons. The number of anilines is 1. The van der Waals surface area contributed by atoms with Gasteiger partial charge in [-0.2, -0.15) is 0 Å². The van der Waals surface area contributed by atoms with E-state index in [9.17, 15) is 4.79 Å². The number of aromatic nitrogens is 3. The van der Waals surface area contributed by atoms with Gasteiger partial charge in [0.2, 0.25) is 5.95 Å². The van der Waals surface area contributed by atoms with Gasteiger partial charge in [-0.25, -0.2) is 0 Å². The molecule has 1 aromatic heterocycles. The summed E-state index contributed by atoms with van der Waals surface area (Å²) in [5, 5.41) is 18.1. The maximum Gasteiger partial charge on any atom is 0.313 e. The maximum absolute atomic E-state index is 10.8. The molecule has 0 aliphatic heterocycles. The summed E-state index contributed by atoms with van der Waals surface area (Å²) >= 11 is 1.24. The van der Waals surface area contributed by atoms with Crippen molar-refractivity contribution in [2.45, 2.75) is 51.2 Å². The van der Waals surface area contributed by atoms with Crippen LogP contribution in [-0.2, 0) is 4.79 Å². The molecule has 1 saturated carbocycles. The Morgan fingerprint density at radius 3 is 2.71 bits per heavy atom. The molecule has 1 heterocycles. The highest BCUT2D eigenvalue weighted by atomic mass is 32.2. The summed E-state index contributed by atoms with van der Waals surface area (Å²) in [5.41, 5.74) is 0. The molecular formula is C14H24N4O2S. The maximum atomic E-state index is 10.8. The van der Waals surface area contributed by atoms with E-state index in [-0.39, 0.29) is 11.8 Å². The van der Waals surface area contributed by atoms with E-state index in [1.165, 1.54) is 24.6 Å². The van der Waals surface area contributed by atoms with Crippen molar-refractivity contribution >= 4 is 23.7 Å². The van der Waals surface area contributed by atoms with Crippen LogP contribution in [0, 0.1) is 5.92 Å². The highest BCUT2D eigenvalue weighted by Gasteiger charge is 2.27. The van der Waals surface area contributed by atoms with Crippen LogP contribution >= 0.6 is 11.8 Å². The lowest BCUT2D eigenvalue weighted by Gasteiger charge is -2.25. The highest BCUT2D eigenvalue weighted by molar-refractivity contribution is 7.99. The topological polar surface area (TPSA) is 71.2 Å². The van der Waals surface area contributed by atoms with Gasteiger partial charge in [-0.1, -0.05) is 18.7 Å². The average Bonchev–Trinajstić information content (AvgIpc) is 3.12. The Labute approximate surface area is 129 Å². The van der Waals surface area contributed by atoms with E-state index in [0.717, 1.165) is 31.4 Å². The second-order valence-corrected chi connectivity index (χ2v) is 6.76. The molecule has 0 unspecified atom stereocenters. The Bertz CT molecular complexity index is 485. The minimum absolute atomic E-state index is 0.0151. The normalized spacial score (nSPS) is 14.7. The summed E-state index contributed by atoms with van der Waals surface area (Å²) in [5.74, 6) is 0.847. The van der Waals surface area contributed by atoms with Gasteiger partial charge in [0.15, 0.2) is 5.16 Å². The summed E-state index contributed by atoms with van der Waals surface area (Å²) in [6, 6.07) is 0.213. The van der Waals surface area contributed by atoms with Crippen molar-refractivity contribution < 1.29 is 9.90 Å². The van der Waals surface area contributed by atoms with Gasteiger partial charge < -0.3 is 10.0 Å². The molecule has 0 spiro atoms. The van der Waals surface area contributed by atoms with Crippen LogP contribution in [-0.4, -0.2) is 44.7 Å². The molecule has 6 nitrogen and oxygen atoms in total. The molecule has 1 fully saturated rings. The first-order chi connectivity index (χ1) is 10.0. The van der Waals surface area contributed by atoms with Gasteiger partial charge in [-0.3, -0.25) is 9.36 Å². The van der Waals surface area contributed by atoms with Crippen molar-refractivity contribution in [1.29, 1.82) is 0 Å². The molecule has 0 bridgehead atoms. The van der Waals surface area contributed by atoms with Gasteiger partial charge in [-0.05, 0) is 39.0 Å². The van der Waals surface area contributed by atoms with Gasteiger partial charge in [-0.15, -0.1) is 10.2 Å². The number of hydrogen-bond donors (Lipinski definition) is 1. The van der Waals surface area contributed by atoms with Crippen LogP contribution in [0.15, 0.2) is 5.16 Å². The SMILES string of the molecule is CCCN(CC1CC1)c1nnc(SCC(=O)O)n1C(C)C. The zero-order valence-corrected chi connectivity index (χ0v) is 13.8. The minimum atomic E-state index is -0.830. The van der Waals surface area contributed by atoms with E-state index in [2.05, 4.69) is 40.4 Å². The second kappa shape index (κ2) is 7.15. The molecule has 1 N–H and O–H groups in total. The summed E-state index contributed by atoms with van der Waals surface area (Å²) < 4.78 is 2.06. The number of carboxylic acid groups (broad SMARTS) is 1. The Morgan fingerprint density at radius 1 is 1.48 bits per heavy atom. The number of rotatable bonds is 9. The molecule has 1 aromatic rings. The summed E-state index contributed by atoms with van der Waals surface area (Å²) in [6.45, 7) is 8.32. The number of nitrogens with zero attached hydrogens (tertiary/aromatic N) is 4. The number of carbonyl (C=O) groups is 1. The monoisotopic (exact) mass is 312 g/mol. The lowest BCUT2D eigenvalue weighted by Crippen LogP contribution is -2.30. The molecule has 0 aromatic carbocycles. The molecular weight excluding hydrogens is 288 g/mol. The van der Waals surface area contributed by atoms with E-state index in [1.807, 2.05) is 0 Å². The quantitative estimate of drug-likeness (QED) is 0.707. The fourth-order valence-electron chi connectivity index (χ4n) is 2.32. The number of thioether (sulfide) groups is 1. The Hall–Kier alpha value is -1.24. The second-order valence-electron chi connectivity index (χ2n) is 5.82. The standard InChI is InChI=1S/C14H24N4O2S/c1-4-7-17(8-11-5-6-11)13-15-16-14(18(13)10(2)3)21-9-12(19)20/h10-11H,4-9H2,1-3H3,(H,19,20). The van der Waals surface area contributed by atoms with E-state index in [1.54, 1.807) is 0 Å². The fraction of sp³-hybridized carbons (Fsp3) is 0.786. The van der Waals surface area contributed by atoms with Crippen LogP contribution in [0.25, 0.3) is 0 Å². The molecule has 0 radical (unpaired) electrons. The average molecular weight is 312 g/mol. The van der Waals surface area contributed by atoms with Gasteiger partial charge in [0.1, 0.15) is 0 Å². The van der Waals surface area contributed by atoms with E-state index >= 15 is 0 Å². The van der Waals surface area contributed by atoms with Crippen LogP contribution in [0.4, 0.5) is 5.95 Å². The van der Waals surface area contributed by atoms with Crippen molar-refractivity contribution in [2.75, 3.05) is 23.7 Å². The molecule has 1 aliphatic rings. The molecule has 1 aliphatic carbocycles. The predicted octanol–water partition coefficient (Wildman–Crippen LogP) is 2.66. The Balaban J connectivity index is 2.20. The van der Waals surface area contributed by atoms with Gasteiger partial charge >= 0.3 is 5.97 Å². The van der Waals surface area contributed by atoms with Crippen LogP contribution < -0.4 is 4.90 Å². The van der Waals surface area contributed by atoms with Crippen molar-refractivity contribution in [3.63, 3.8) is 0 Å². The smallest absolute Gasteiger partial charge is 0.313 e. The number of carboxylic acids is 1. The largest absolute Gasteiger partial charge is 0.481 e. The summed E-state index contributed by atoms with van der Waals surface area (Å²) in [6.07, 6.45) is 3.67. The molecule has 21 heavy (non-hydrogen) atoms. The van der Waals surface area contributed by atoms with Gasteiger partial charge in [0.25, 0.3) is 0 Å². The lowest BCUT2D eigenvalue weighted by atomic mass is 10.3. The van der Waals surface area contributed by atoms with E-state index < -0.39 is 5.97 Å². The molecule has 2 rings (SSSR count). The Morgan fingerprint density at radius 2 is 2.19 bits per heavy atom. The molecule has 7 heteroatoms. The van der Waals surface area contributed by atoms with E-state index in [4.69, 9.17) is 5.11 Å². The van der Waals surface area contributed by atoms with Crippen LogP contribution in [0.5, 0.6) is 0 Å². The Kier molecular flexibility index (Phi) is 5.50. The van der Waals surface area contributed by atoms with Crippen molar-refractivity contribution in [1.82, 2.24) is 14.8 Å². The first kappa shape index (κ1) is 16.1.